The van der Waals surface area contributed by atoms with E-state index in [0.29, 0.717) is 12.2 Å². The molecule has 1 N–H and O–H groups in total. The van der Waals surface area contributed by atoms with Gasteiger partial charge in [-0.05, 0) is 74.9 Å². The van der Waals surface area contributed by atoms with Gasteiger partial charge in [-0.1, -0.05) is 42.3 Å². The number of benzene rings is 2. The fraction of sp³-hybridized carbons (Fsp3) is 0.364. The summed E-state index contributed by atoms with van der Waals surface area (Å²) in [6.45, 7) is 14.8. The van der Waals surface area contributed by atoms with Gasteiger partial charge in [0, 0.05) is 12.0 Å². The average molecular weight is 308 g/mol. The molecule has 2 aromatic rings. The zero-order chi connectivity index (χ0) is 17.3. The van der Waals surface area contributed by atoms with Crippen LogP contribution >= 0.6 is 0 Å². The molecule has 0 atom stereocenters. The van der Waals surface area contributed by atoms with Gasteiger partial charge in [0.25, 0.3) is 0 Å². The summed E-state index contributed by atoms with van der Waals surface area (Å²) < 4.78 is 0. The lowest BCUT2D eigenvalue weighted by Gasteiger charge is -2.21. The number of hydrogen-bond acceptors (Lipinski definition) is 1. The number of allylic oxidation sites excluding steroid dienone is 1. The highest BCUT2D eigenvalue weighted by molar-refractivity contribution is 5.87. The first kappa shape index (κ1) is 17.3. The van der Waals surface area contributed by atoms with E-state index in [-0.39, 0.29) is 0 Å². The fourth-order valence-corrected chi connectivity index (χ4v) is 3.74. The van der Waals surface area contributed by atoms with E-state index in [0.717, 1.165) is 5.57 Å². The van der Waals surface area contributed by atoms with Gasteiger partial charge in [0.2, 0.25) is 0 Å². The van der Waals surface area contributed by atoms with Gasteiger partial charge >= 0.3 is 0 Å². The van der Waals surface area contributed by atoms with Crippen LogP contribution in [0.15, 0.2) is 30.0 Å². The van der Waals surface area contributed by atoms with Gasteiger partial charge in [0.05, 0.1) is 0 Å². The number of rotatable bonds is 3. The van der Waals surface area contributed by atoms with E-state index in [1.165, 1.54) is 44.5 Å². The monoisotopic (exact) mass is 308 g/mol. The molecule has 0 aliphatic heterocycles. The molecular weight excluding hydrogens is 280 g/mol. The Morgan fingerprint density at radius 2 is 1.00 bits per heavy atom. The van der Waals surface area contributed by atoms with E-state index in [1.807, 2.05) is 6.92 Å². The minimum Gasteiger partial charge on any atom is -0.512 e. The van der Waals surface area contributed by atoms with Crippen molar-refractivity contribution in [2.45, 2.75) is 54.9 Å². The molecule has 1 nitrogen and oxygen atoms in total. The van der Waals surface area contributed by atoms with Crippen molar-refractivity contribution in [1.29, 1.82) is 0 Å². The molecule has 0 aliphatic carbocycles. The van der Waals surface area contributed by atoms with Gasteiger partial charge in [-0.25, -0.2) is 0 Å². The summed E-state index contributed by atoms with van der Waals surface area (Å²) in [7, 11) is 0. The minimum atomic E-state index is 0.468. The molecule has 2 rings (SSSR count). The van der Waals surface area contributed by atoms with Gasteiger partial charge < -0.3 is 5.11 Å². The molecular formula is C22H28O. The van der Waals surface area contributed by atoms with Crippen LogP contribution in [0.2, 0.25) is 0 Å². The Hall–Kier alpha value is -2.02. The van der Waals surface area contributed by atoms with Crippen molar-refractivity contribution in [3.8, 4) is 0 Å². The van der Waals surface area contributed by atoms with Crippen molar-refractivity contribution in [1.82, 2.24) is 0 Å². The summed E-state index contributed by atoms with van der Waals surface area (Å²) >= 11 is 0. The summed E-state index contributed by atoms with van der Waals surface area (Å²) in [5.74, 6) is 0.468. The lowest BCUT2D eigenvalue weighted by molar-refractivity contribution is 0.397. The molecule has 23 heavy (non-hydrogen) atoms. The Kier molecular flexibility index (Phi) is 4.99. The third-order valence-electron chi connectivity index (χ3n) is 4.48. The van der Waals surface area contributed by atoms with Gasteiger partial charge in [0.15, 0.2) is 0 Å². The normalized spacial score (nSPS) is 10.7. The molecule has 0 aliphatic rings. The summed E-state index contributed by atoms with van der Waals surface area (Å²) in [5, 5.41) is 10.7. The molecule has 0 saturated heterocycles. The smallest absolute Gasteiger partial charge is 0.100 e. The van der Waals surface area contributed by atoms with Crippen LogP contribution in [0.1, 0.15) is 57.9 Å². The quantitative estimate of drug-likeness (QED) is 0.663. The molecule has 0 aromatic heterocycles. The van der Waals surface area contributed by atoms with E-state index in [2.05, 4.69) is 65.8 Å². The molecule has 122 valence electrons. The SMILES string of the molecule is CCC(O)=C(c1c(C)cc(C)cc1C)c1c(C)cc(C)cc1C. The molecule has 0 heterocycles. The van der Waals surface area contributed by atoms with Crippen molar-refractivity contribution in [2.75, 3.05) is 0 Å². The number of hydrogen-bond donors (Lipinski definition) is 1. The Balaban J connectivity index is 2.87. The van der Waals surface area contributed by atoms with Crippen molar-refractivity contribution >= 4 is 5.57 Å². The highest BCUT2D eigenvalue weighted by Crippen LogP contribution is 2.36. The average Bonchev–Trinajstić information content (AvgIpc) is 2.42. The molecule has 2 aromatic carbocycles. The molecule has 0 fully saturated rings. The van der Waals surface area contributed by atoms with Crippen LogP contribution in [0.4, 0.5) is 0 Å². The van der Waals surface area contributed by atoms with Crippen molar-refractivity contribution in [2.24, 2.45) is 0 Å². The van der Waals surface area contributed by atoms with Gasteiger partial charge in [-0.2, -0.15) is 0 Å². The maximum atomic E-state index is 10.7. The van der Waals surface area contributed by atoms with E-state index in [9.17, 15) is 5.11 Å². The van der Waals surface area contributed by atoms with Crippen LogP contribution in [0.25, 0.3) is 5.57 Å². The molecule has 0 radical (unpaired) electrons. The predicted molar refractivity (Wildman–Crippen MR) is 100 cm³/mol. The minimum absolute atomic E-state index is 0.468. The second-order valence-corrected chi connectivity index (χ2v) is 6.72. The maximum absolute atomic E-state index is 10.7. The van der Waals surface area contributed by atoms with Crippen LogP contribution in [0, 0.1) is 41.5 Å². The number of aryl methyl sites for hydroxylation is 6. The van der Waals surface area contributed by atoms with Crippen LogP contribution in [-0.4, -0.2) is 5.11 Å². The number of aliphatic hydroxyl groups is 1. The first-order chi connectivity index (χ1) is 10.8. The Labute approximate surface area is 140 Å². The first-order valence-electron chi connectivity index (χ1n) is 8.34. The lowest BCUT2D eigenvalue weighted by atomic mass is 9.84. The molecule has 0 unspecified atom stereocenters. The van der Waals surface area contributed by atoms with Crippen molar-refractivity contribution in [3.05, 3.63) is 74.5 Å². The van der Waals surface area contributed by atoms with E-state index in [4.69, 9.17) is 0 Å². The third kappa shape index (κ3) is 3.34. The van der Waals surface area contributed by atoms with Gasteiger partial charge in [0.1, 0.15) is 5.76 Å². The Morgan fingerprint density at radius 3 is 1.26 bits per heavy atom. The van der Waals surface area contributed by atoms with Crippen LogP contribution in [-0.2, 0) is 0 Å². The predicted octanol–water partition coefficient (Wildman–Crippen LogP) is 6.26. The third-order valence-corrected chi connectivity index (χ3v) is 4.48. The van der Waals surface area contributed by atoms with E-state index >= 15 is 0 Å². The standard InChI is InChI=1S/C22H28O/c1-8-19(23)22(20-15(4)9-13(2)10-16(20)5)21-17(6)11-14(3)12-18(21)7/h9-12,23H,8H2,1-7H3. The van der Waals surface area contributed by atoms with E-state index < -0.39 is 0 Å². The summed E-state index contributed by atoms with van der Waals surface area (Å²) in [6.07, 6.45) is 0.634. The van der Waals surface area contributed by atoms with Gasteiger partial charge in [-0.3, -0.25) is 0 Å². The maximum Gasteiger partial charge on any atom is 0.100 e. The summed E-state index contributed by atoms with van der Waals surface area (Å²) in [5.41, 5.74) is 10.7. The van der Waals surface area contributed by atoms with Crippen LogP contribution in [0.3, 0.4) is 0 Å². The molecule has 0 spiro atoms. The highest BCUT2D eigenvalue weighted by Gasteiger charge is 2.19. The van der Waals surface area contributed by atoms with Crippen LogP contribution < -0.4 is 0 Å². The zero-order valence-corrected chi connectivity index (χ0v) is 15.5. The van der Waals surface area contributed by atoms with Gasteiger partial charge in [-0.15, -0.1) is 0 Å². The fourth-order valence-electron chi connectivity index (χ4n) is 3.74. The molecule has 0 amide bonds. The van der Waals surface area contributed by atoms with E-state index in [1.54, 1.807) is 0 Å². The first-order valence-corrected chi connectivity index (χ1v) is 8.34. The molecule has 1 heteroatoms. The number of aliphatic hydroxyl groups excluding tert-OH is 1. The zero-order valence-electron chi connectivity index (χ0n) is 15.5. The van der Waals surface area contributed by atoms with Crippen molar-refractivity contribution < 1.29 is 5.11 Å². The molecule has 0 saturated carbocycles. The summed E-state index contributed by atoms with van der Waals surface area (Å²) in [4.78, 5) is 0. The Morgan fingerprint density at radius 1 is 0.696 bits per heavy atom. The summed E-state index contributed by atoms with van der Waals surface area (Å²) in [6, 6.07) is 8.79. The topological polar surface area (TPSA) is 20.2 Å². The second kappa shape index (κ2) is 6.62. The Bertz CT molecular complexity index is 673. The highest BCUT2D eigenvalue weighted by atomic mass is 16.3. The lowest BCUT2D eigenvalue weighted by Crippen LogP contribution is -2.04. The van der Waals surface area contributed by atoms with Crippen molar-refractivity contribution in [3.63, 3.8) is 0 Å². The second-order valence-electron chi connectivity index (χ2n) is 6.72. The largest absolute Gasteiger partial charge is 0.512 e. The molecule has 0 bridgehead atoms. The van der Waals surface area contributed by atoms with Crippen LogP contribution in [0.5, 0.6) is 0 Å².